The second-order valence-corrected chi connectivity index (χ2v) is 10.4. The highest BCUT2D eigenvalue weighted by atomic mass is 14.2. The summed E-state index contributed by atoms with van der Waals surface area (Å²) in [5.74, 6) is 0. The van der Waals surface area contributed by atoms with Gasteiger partial charge in [0.15, 0.2) is 0 Å². The van der Waals surface area contributed by atoms with Crippen molar-refractivity contribution in [2.75, 3.05) is 0 Å². The Kier molecular flexibility index (Phi) is 5.95. The molecule has 0 radical (unpaired) electrons. The SMILES string of the molecule is Bc1c(B)c(B)c2c(-c3ccc(-c4ccccc4)cc3)c3c(B)c(B)c(B)c(B)c3c(B)c2c1B. The van der Waals surface area contributed by atoms with Gasteiger partial charge in [-0.05, 0) is 43.8 Å². The molecule has 0 aliphatic carbocycles. The molecule has 5 aromatic rings. The van der Waals surface area contributed by atoms with E-state index in [1.807, 2.05) is 0 Å². The molecule has 0 nitrogen and oxygen atoms in total. The van der Waals surface area contributed by atoms with Crippen LogP contribution in [0.2, 0.25) is 0 Å². The lowest BCUT2D eigenvalue weighted by atomic mass is 9.58. The Labute approximate surface area is 217 Å². The van der Waals surface area contributed by atoms with Gasteiger partial charge in [0.05, 0.1) is 0 Å². The maximum absolute atomic E-state index is 2.34. The van der Waals surface area contributed by atoms with Gasteiger partial charge in [0.1, 0.15) is 70.6 Å². The average molecular weight is 437 g/mol. The second-order valence-electron chi connectivity index (χ2n) is 10.4. The van der Waals surface area contributed by atoms with Gasteiger partial charge in [-0.25, -0.2) is 0 Å². The predicted octanol–water partition coefficient (Wildman–Crippen LogP) is -8.35. The molecule has 0 aliphatic heterocycles. The molecule has 5 aromatic carbocycles. The van der Waals surface area contributed by atoms with Crippen LogP contribution in [0.4, 0.5) is 0 Å². The molecule has 0 aromatic heterocycles. The van der Waals surface area contributed by atoms with Crippen molar-refractivity contribution in [1.29, 1.82) is 0 Å². The van der Waals surface area contributed by atoms with E-state index >= 15 is 0 Å². The van der Waals surface area contributed by atoms with Gasteiger partial charge in [-0.15, -0.1) is 21.9 Å². The summed E-state index contributed by atoms with van der Waals surface area (Å²) in [5, 5.41) is 5.72. The first-order valence-corrected chi connectivity index (χ1v) is 12.7. The monoisotopic (exact) mass is 438 g/mol. The molecular weight excluding hydrogens is 410 g/mol. The summed E-state index contributed by atoms with van der Waals surface area (Å²) in [6.07, 6.45) is 0. The summed E-state index contributed by atoms with van der Waals surface area (Å²) in [7, 11) is 20.8. The quantitative estimate of drug-likeness (QED) is 0.190. The third kappa shape index (κ3) is 3.50. The van der Waals surface area contributed by atoms with Crippen molar-refractivity contribution in [3.63, 3.8) is 0 Å². The summed E-state index contributed by atoms with van der Waals surface area (Å²) in [6, 6.07) is 19.9. The number of rotatable bonds is 2. The molecule has 0 spiro atoms. The Morgan fingerprint density at radius 1 is 0.286 bits per heavy atom. The van der Waals surface area contributed by atoms with Crippen LogP contribution in [-0.2, 0) is 0 Å². The molecule has 0 N–H and O–H groups in total. The van der Waals surface area contributed by atoms with Gasteiger partial charge in [-0.1, -0.05) is 81.9 Å². The molecule has 0 aliphatic rings. The summed E-state index contributed by atoms with van der Waals surface area (Å²) < 4.78 is 0. The van der Waals surface area contributed by atoms with E-state index < -0.39 is 0 Å². The van der Waals surface area contributed by atoms with Crippen molar-refractivity contribution in [3.05, 3.63) is 54.6 Å². The fraction of sp³-hybridized carbons (Fsp3) is 0. The lowest BCUT2D eigenvalue weighted by Gasteiger charge is -2.27. The zero-order valence-electron chi connectivity index (χ0n) is 22.7. The molecule has 5 rings (SSSR count). The molecular formula is C26H27B9. The van der Waals surface area contributed by atoms with E-state index in [4.69, 9.17) is 0 Å². The van der Waals surface area contributed by atoms with Crippen molar-refractivity contribution < 1.29 is 0 Å². The van der Waals surface area contributed by atoms with Gasteiger partial charge in [0.2, 0.25) is 0 Å². The minimum Gasteiger partial charge on any atom is -0.101 e. The van der Waals surface area contributed by atoms with E-state index in [-0.39, 0.29) is 0 Å². The van der Waals surface area contributed by atoms with Crippen molar-refractivity contribution in [3.8, 4) is 22.3 Å². The van der Waals surface area contributed by atoms with Crippen molar-refractivity contribution in [2.45, 2.75) is 0 Å². The van der Waals surface area contributed by atoms with Crippen LogP contribution in [0, 0.1) is 0 Å². The molecule has 0 unspecified atom stereocenters. The Morgan fingerprint density at radius 2 is 0.629 bits per heavy atom. The fourth-order valence-corrected chi connectivity index (χ4v) is 6.19. The minimum absolute atomic E-state index is 1.26. The van der Waals surface area contributed by atoms with E-state index in [2.05, 4.69) is 125 Å². The van der Waals surface area contributed by atoms with Gasteiger partial charge < -0.3 is 0 Å². The van der Waals surface area contributed by atoms with Crippen LogP contribution < -0.4 is 49.2 Å². The molecule has 9 heteroatoms. The smallest absolute Gasteiger partial charge is 0.101 e. The van der Waals surface area contributed by atoms with Crippen LogP contribution in [-0.4, -0.2) is 70.6 Å². The molecule has 0 saturated heterocycles. The van der Waals surface area contributed by atoms with E-state index in [0.717, 1.165) is 0 Å². The second kappa shape index (κ2) is 8.70. The average Bonchev–Trinajstić information content (AvgIpc) is 2.88. The maximum Gasteiger partial charge on any atom is 0.140 e. The summed E-state index contributed by atoms with van der Waals surface area (Å²) in [5.41, 5.74) is 17.9. The molecule has 0 bridgehead atoms. The van der Waals surface area contributed by atoms with Crippen LogP contribution in [0.1, 0.15) is 0 Å². The van der Waals surface area contributed by atoms with E-state index in [0.29, 0.717) is 0 Å². The fourth-order valence-electron chi connectivity index (χ4n) is 6.19. The number of fused-ring (bicyclic) bond motifs is 2. The third-order valence-electron chi connectivity index (χ3n) is 8.91. The molecule has 0 atom stereocenters. The Balaban J connectivity index is 2.00. The zero-order valence-corrected chi connectivity index (χ0v) is 22.7. The Bertz CT molecular complexity index is 1580. The van der Waals surface area contributed by atoms with Gasteiger partial charge >= 0.3 is 0 Å². The van der Waals surface area contributed by atoms with E-state index in [1.54, 1.807) is 0 Å². The summed E-state index contributed by atoms with van der Waals surface area (Å²) in [4.78, 5) is 0. The highest BCUT2D eigenvalue weighted by Gasteiger charge is 2.22. The molecule has 0 saturated carbocycles. The zero-order chi connectivity index (χ0) is 25.2. The van der Waals surface area contributed by atoms with Crippen molar-refractivity contribution >= 4 is 141 Å². The molecule has 0 fully saturated rings. The van der Waals surface area contributed by atoms with Gasteiger partial charge in [0, 0.05) is 0 Å². The normalized spacial score (nSPS) is 11.3. The minimum atomic E-state index is 1.26. The van der Waals surface area contributed by atoms with Crippen molar-refractivity contribution in [1.82, 2.24) is 0 Å². The number of hydrogen-bond acceptors (Lipinski definition) is 0. The Hall–Kier alpha value is -2.80. The third-order valence-corrected chi connectivity index (χ3v) is 8.91. The number of benzene rings is 5. The Morgan fingerprint density at radius 3 is 1.06 bits per heavy atom. The summed E-state index contributed by atoms with van der Waals surface area (Å²) >= 11 is 0. The first-order valence-electron chi connectivity index (χ1n) is 12.7. The van der Waals surface area contributed by atoms with Crippen LogP contribution in [0.15, 0.2) is 54.6 Å². The van der Waals surface area contributed by atoms with Crippen LogP contribution in [0.5, 0.6) is 0 Å². The van der Waals surface area contributed by atoms with E-state index in [1.165, 1.54) is 93.0 Å². The molecule has 0 heterocycles. The number of hydrogen-bond donors (Lipinski definition) is 0. The van der Waals surface area contributed by atoms with Crippen molar-refractivity contribution in [2.24, 2.45) is 0 Å². The van der Waals surface area contributed by atoms with Gasteiger partial charge in [-0.3, -0.25) is 0 Å². The largest absolute Gasteiger partial charge is 0.140 e. The van der Waals surface area contributed by atoms with E-state index in [9.17, 15) is 0 Å². The van der Waals surface area contributed by atoms with Crippen LogP contribution in [0.25, 0.3) is 43.8 Å². The topological polar surface area (TPSA) is 0 Å². The molecule has 0 amide bonds. The lowest BCUT2D eigenvalue weighted by Crippen LogP contribution is -2.51. The first kappa shape index (κ1) is 23.9. The highest BCUT2D eigenvalue weighted by molar-refractivity contribution is 6.73. The molecule has 158 valence electrons. The summed E-state index contributed by atoms with van der Waals surface area (Å²) in [6.45, 7) is 0. The predicted molar refractivity (Wildman–Crippen MR) is 186 cm³/mol. The van der Waals surface area contributed by atoms with Gasteiger partial charge in [-0.2, -0.15) is 0 Å². The van der Waals surface area contributed by atoms with Gasteiger partial charge in [0.25, 0.3) is 0 Å². The highest BCUT2D eigenvalue weighted by Crippen LogP contribution is 2.33. The van der Waals surface area contributed by atoms with Crippen LogP contribution >= 0.6 is 0 Å². The first-order chi connectivity index (χ1) is 16.6. The van der Waals surface area contributed by atoms with Crippen LogP contribution in [0.3, 0.4) is 0 Å². The lowest BCUT2D eigenvalue weighted by molar-refractivity contribution is 1.62. The standard InChI is InChI=1S/C26H27B9/c27-18-16-14(19(28)23(32)25(34)21(16)30)13(15-17(18)22(31)26(35)24(33)20(15)29)12-8-6-11(7-9-12)10-4-2-1-3-5-10/h1-9H,27-35H2. The molecule has 35 heavy (non-hydrogen) atoms. The maximum atomic E-state index is 2.34.